The Labute approximate surface area is 135 Å². The largest absolute Gasteiger partial charge is 0.342 e. The van der Waals surface area contributed by atoms with E-state index >= 15 is 0 Å². The molecule has 0 saturated heterocycles. The van der Waals surface area contributed by atoms with Crippen molar-refractivity contribution in [3.63, 3.8) is 0 Å². The first-order valence-corrected chi connectivity index (χ1v) is 7.84. The average molecular weight is 312 g/mol. The van der Waals surface area contributed by atoms with E-state index < -0.39 is 0 Å². The number of hydrogen-bond donors (Lipinski definition) is 1. The Kier molecular flexibility index (Phi) is 4.30. The topological polar surface area (TPSA) is 29.1 Å². The highest BCUT2D eigenvalue weighted by Crippen LogP contribution is 2.43. The second-order valence-corrected chi connectivity index (χ2v) is 6.04. The van der Waals surface area contributed by atoms with E-state index in [1.165, 1.54) is 24.5 Å². The number of nitrogens with one attached hydrogen (secondary N) is 1. The molecule has 0 aromatic heterocycles. The van der Waals surface area contributed by atoms with Crippen molar-refractivity contribution in [3.8, 4) is 0 Å². The molecule has 0 radical (unpaired) electrons. The summed E-state index contributed by atoms with van der Waals surface area (Å²) >= 11 is 5.98. The lowest BCUT2D eigenvalue weighted by molar-refractivity contribution is -0.116. The Balaban J connectivity index is 2.03. The minimum atomic E-state index is -0.181. The molecule has 0 bridgehead atoms. The van der Waals surface area contributed by atoms with Gasteiger partial charge in [0, 0.05) is 5.02 Å². The van der Waals surface area contributed by atoms with Gasteiger partial charge in [-0.15, -0.1) is 0 Å². The molecule has 2 nitrogen and oxygen atoms in total. The van der Waals surface area contributed by atoms with Crippen molar-refractivity contribution in [1.29, 1.82) is 0 Å². The van der Waals surface area contributed by atoms with Crippen LogP contribution in [0.1, 0.15) is 41.5 Å². The highest BCUT2D eigenvalue weighted by Gasteiger charge is 2.29. The van der Waals surface area contributed by atoms with E-state index in [0.29, 0.717) is 10.9 Å². The number of carbonyl (C=O) groups excluding carboxylic acids is 1. The predicted molar refractivity (Wildman–Crippen MR) is 90.1 cm³/mol. The van der Waals surface area contributed by atoms with Crippen molar-refractivity contribution in [3.05, 3.63) is 82.9 Å². The molecule has 3 heteroatoms. The van der Waals surface area contributed by atoms with E-state index in [2.05, 4.69) is 30.1 Å². The molecule has 2 aromatic carbocycles. The van der Waals surface area contributed by atoms with Gasteiger partial charge in [-0.1, -0.05) is 54.6 Å². The summed E-state index contributed by atoms with van der Waals surface area (Å²) < 4.78 is 0. The Morgan fingerprint density at radius 2 is 1.86 bits per heavy atom. The van der Waals surface area contributed by atoms with Crippen LogP contribution in [-0.2, 0) is 4.79 Å². The highest BCUT2D eigenvalue weighted by molar-refractivity contribution is 6.30. The lowest BCUT2D eigenvalue weighted by Gasteiger charge is -2.22. The maximum Gasteiger partial charge on any atom is 0.244 e. The maximum absolute atomic E-state index is 11.9. The van der Waals surface area contributed by atoms with Gasteiger partial charge in [-0.25, -0.2) is 0 Å². The normalized spacial score (nSPS) is 15.1. The molecule has 0 spiro atoms. The van der Waals surface area contributed by atoms with Crippen LogP contribution in [0.15, 0.2) is 61.2 Å². The first kappa shape index (κ1) is 14.9. The van der Waals surface area contributed by atoms with Crippen LogP contribution in [0.25, 0.3) is 0 Å². The van der Waals surface area contributed by atoms with Crippen LogP contribution >= 0.6 is 11.6 Å². The molecule has 0 aliphatic heterocycles. The molecular weight excluding hydrogens is 294 g/mol. The summed E-state index contributed by atoms with van der Waals surface area (Å²) in [6.07, 6.45) is 3.75. The quantitative estimate of drug-likeness (QED) is 0.803. The molecule has 1 amide bonds. The lowest BCUT2D eigenvalue weighted by Crippen LogP contribution is -2.28. The van der Waals surface area contributed by atoms with Crippen LogP contribution in [0.5, 0.6) is 0 Å². The Morgan fingerprint density at radius 1 is 1.18 bits per heavy atom. The van der Waals surface area contributed by atoms with Crippen LogP contribution in [0.4, 0.5) is 0 Å². The molecular formula is C19H18ClNO. The Morgan fingerprint density at radius 3 is 2.50 bits per heavy atom. The first-order chi connectivity index (χ1) is 10.7. The molecule has 1 N–H and O–H groups in total. The molecule has 1 saturated carbocycles. The monoisotopic (exact) mass is 311 g/mol. The van der Waals surface area contributed by atoms with Crippen LogP contribution < -0.4 is 5.32 Å². The molecule has 0 heterocycles. The zero-order valence-electron chi connectivity index (χ0n) is 12.3. The molecule has 1 unspecified atom stereocenters. The van der Waals surface area contributed by atoms with Crippen LogP contribution in [0.2, 0.25) is 5.02 Å². The van der Waals surface area contributed by atoms with Gasteiger partial charge < -0.3 is 5.32 Å². The van der Waals surface area contributed by atoms with E-state index in [9.17, 15) is 4.79 Å². The standard InChI is InChI=1S/C19H18ClNO/c1-2-18(22)21-19(14-9-11-15(20)12-10-14)17-6-4-3-5-16(17)13-7-8-13/h2-6,9-13,19H,1,7-8H2,(H,21,22). The van der Waals surface area contributed by atoms with Gasteiger partial charge in [0.15, 0.2) is 0 Å². The Hall–Kier alpha value is -2.06. The number of hydrogen-bond acceptors (Lipinski definition) is 1. The molecule has 1 aliphatic carbocycles. The minimum Gasteiger partial charge on any atom is -0.342 e. The number of carbonyl (C=O) groups is 1. The molecule has 1 aliphatic rings. The van der Waals surface area contributed by atoms with Crippen molar-refractivity contribution in [2.45, 2.75) is 24.8 Å². The third-order valence-corrected chi connectivity index (χ3v) is 4.25. The van der Waals surface area contributed by atoms with E-state index in [4.69, 9.17) is 11.6 Å². The summed E-state index contributed by atoms with van der Waals surface area (Å²) in [6, 6.07) is 15.8. The van der Waals surface area contributed by atoms with Gasteiger partial charge >= 0.3 is 0 Å². The van der Waals surface area contributed by atoms with Crippen molar-refractivity contribution < 1.29 is 4.79 Å². The number of halogens is 1. The zero-order chi connectivity index (χ0) is 15.5. The summed E-state index contributed by atoms with van der Waals surface area (Å²) in [4.78, 5) is 11.9. The van der Waals surface area contributed by atoms with Crippen molar-refractivity contribution in [2.24, 2.45) is 0 Å². The van der Waals surface area contributed by atoms with Crippen molar-refractivity contribution >= 4 is 17.5 Å². The molecule has 2 aromatic rings. The highest BCUT2D eigenvalue weighted by atomic mass is 35.5. The van der Waals surface area contributed by atoms with E-state index in [-0.39, 0.29) is 11.9 Å². The third-order valence-electron chi connectivity index (χ3n) is 4.00. The van der Waals surface area contributed by atoms with Gasteiger partial charge in [0.2, 0.25) is 5.91 Å². The predicted octanol–water partition coefficient (Wildman–Crippen LogP) is 4.61. The fourth-order valence-corrected chi connectivity index (χ4v) is 2.86. The molecule has 112 valence electrons. The van der Waals surface area contributed by atoms with Gasteiger partial charge in [0.1, 0.15) is 0 Å². The molecule has 3 rings (SSSR count). The van der Waals surface area contributed by atoms with Gasteiger partial charge in [-0.3, -0.25) is 4.79 Å². The molecule has 1 fully saturated rings. The Bertz CT molecular complexity index is 689. The maximum atomic E-state index is 11.9. The SMILES string of the molecule is C=CC(=O)NC(c1ccc(Cl)cc1)c1ccccc1C1CC1. The second kappa shape index (κ2) is 6.37. The summed E-state index contributed by atoms with van der Waals surface area (Å²) in [5, 5.41) is 3.73. The summed E-state index contributed by atoms with van der Waals surface area (Å²) in [5.41, 5.74) is 3.50. The lowest BCUT2D eigenvalue weighted by atomic mass is 9.92. The fourth-order valence-electron chi connectivity index (χ4n) is 2.74. The molecule has 22 heavy (non-hydrogen) atoms. The third kappa shape index (κ3) is 3.23. The van der Waals surface area contributed by atoms with E-state index in [0.717, 1.165) is 11.1 Å². The fraction of sp³-hybridized carbons (Fsp3) is 0.211. The van der Waals surface area contributed by atoms with Gasteiger partial charge in [0.25, 0.3) is 0 Å². The van der Waals surface area contributed by atoms with E-state index in [1.54, 1.807) is 0 Å². The molecule has 1 atom stereocenters. The number of amides is 1. The summed E-state index contributed by atoms with van der Waals surface area (Å²) in [6.45, 7) is 3.55. The summed E-state index contributed by atoms with van der Waals surface area (Å²) in [7, 11) is 0. The van der Waals surface area contributed by atoms with Crippen molar-refractivity contribution in [1.82, 2.24) is 5.32 Å². The van der Waals surface area contributed by atoms with Crippen LogP contribution in [0.3, 0.4) is 0 Å². The van der Waals surface area contributed by atoms with Crippen LogP contribution in [0, 0.1) is 0 Å². The van der Waals surface area contributed by atoms with Crippen LogP contribution in [-0.4, -0.2) is 5.91 Å². The van der Waals surface area contributed by atoms with Gasteiger partial charge in [-0.2, -0.15) is 0 Å². The van der Waals surface area contributed by atoms with E-state index in [1.807, 2.05) is 30.3 Å². The second-order valence-electron chi connectivity index (χ2n) is 5.60. The minimum absolute atomic E-state index is 0.175. The smallest absolute Gasteiger partial charge is 0.244 e. The van der Waals surface area contributed by atoms with Gasteiger partial charge in [0.05, 0.1) is 6.04 Å². The average Bonchev–Trinajstić information content (AvgIpc) is 3.38. The summed E-state index contributed by atoms with van der Waals surface area (Å²) in [5.74, 6) is 0.442. The number of rotatable bonds is 5. The zero-order valence-corrected chi connectivity index (χ0v) is 13.0. The first-order valence-electron chi connectivity index (χ1n) is 7.46. The number of benzene rings is 2. The van der Waals surface area contributed by atoms with Crippen molar-refractivity contribution in [2.75, 3.05) is 0 Å². The van der Waals surface area contributed by atoms with Gasteiger partial charge in [-0.05, 0) is 53.7 Å².